The van der Waals surface area contributed by atoms with Crippen LogP contribution in [0.25, 0.3) is 0 Å². The number of pyridine rings is 1. The monoisotopic (exact) mass is 409 g/mol. The number of hydrogen-bond donors (Lipinski definition) is 2. The number of guanidine groups is 1. The lowest BCUT2D eigenvalue weighted by Gasteiger charge is -2.32. The molecule has 3 rings (SSSR count). The Bertz CT molecular complexity index is 804. The fourth-order valence-corrected chi connectivity index (χ4v) is 3.53. The number of benzene rings is 1. The standard InChI is InChI=1S/C24H35N5O/c1-5-25-23(28-18-24(3,4)21-9-7-6-8-10-21)27-16-20-11-12-22(26-15-20)29-13-14-30-19(2)17-29/h6-12,15,19H,5,13-14,16-18H2,1-4H3,(H2,25,27,28). The van der Waals surface area contributed by atoms with Crippen LogP contribution in [0.5, 0.6) is 0 Å². The second-order valence-electron chi connectivity index (χ2n) is 8.45. The molecular formula is C24H35N5O. The molecule has 1 saturated heterocycles. The van der Waals surface area contributed by atoms with Gasteiger partial charge in [-0.05, 0) is 31.0 Å². The third-order valence-corrected chi connectivity index (χ3v) is 5.39. The Labute approximate surface area is 180 Å². The quantitative estimate of drug-likeness (QED) is 0.543. The Morgan fingerprint density at radius 1 is 1.20 bits per heavy atom. The molecular weight excluding hydrogens is 374 g/mol. The number of anilines is 1. The van der Waals surface area contributed by atoms with E-state index in [1.807, 2.05) is 6.20 Å². The van der Waals surface area contributed by atoms with Crippen molar-refractivity contribution >= 4 is 11.8 Å². The van der Waals surface area contributed by atoms with E-state index in [0.717, 1.165) is 50.1 Å². The highest BCUT2D eigenvalue weighted by molar-refractivity contribution is 5.79. The molecule has 30 heavy (non-hydrogen) atoms. The van der Waals surface area contributed by atoms with Gasteiger partial charge in [-0.15, -0.1) is 0 Å². The number of morpholine rings is 1. The summed E-state index contributed by atoms with van der Waals surface area (Å²) in [6.45, 7) is 13.4. The molecule has 0 radical (unpaired) electrons. The van der Waals surface area contributed by atoms with Crippen LogP contribution in [0.3, 0.4) is 0 Å². The zero-order valence-electron chi connectivity index (χ0n) is 18.7. The average molecular weight is 410 g/mol. The summed E-state index contributed by atoms with van der Waals surface area (Å²) in [6.07, 6.45) is 2.18. The van der Waals surface area contributed by atoms with Gasteiger partial charge in [-0.3, -0.25) is 0 Å². The Morgan fingerprint density at radius 3 is 2.67 bits per heavy atom. The first kappa shape index (κ1) is 22.1. The van der Waals surface area contributed by atoms with Crippen molar-refractivity contribution in [3.63, 3.8) is 0 Å². The number of aliphatic imine (C=N–C) groups is 1. The van der Waals surface area contributed by atoms with E-state index in [-0.39, 0.29) is 11.5 Å². The van der Waals surface area contributed by atoms with Crippen molar-refractivity contribution in [3.05, 3.63) is 59.8 Å². The molecule has 1 aliphatic rings. The molecule has 0 amide bonds. The van der Waals surface area contributed by atoms with Crippen LogP contribution in [0, 0.1) is 0 Å². The highest BCUT2D eigenvalue weighted by Gasteiger charge is 2.20. The third kappa shape index (κ3) is 6.20. The van der Waals surface area contributed by atoms with Gasteiger partial charge < -0.3 is 20.3 Å². The van der Waals surface area contributed by atoms with E-state index in [9.17, 15) is 0 Å². The summed E-state index contributed by atoms with van der Waals surface area (Å²) in [7, 11) is 0. The zero-order valence-corrected chi connectivity index (χ0v) is 18.7. The molecule has 2 N–H and O–H groups in total. The van der Waals surface area contributed by atoms with Crippen LogP contribution in [0.4, 0.5) is 5.82 Å². The molecule has 2 aromatic rings. The normalized spacial score (nSPS) is 17.7. The third-order valence-electron chi connectivity index (χ3n) is 5.39. The smallest absolute Gasteiger partial charge is 0.191 e. The molecule has 0 saturated carbocycles. The number of nitrogens with one attached hydrogen (secondary N) is 2. The van der Waals surface area contributed by atoms with Crippen molar-refractivity contribution in [2.24, 2.45) is 4.99 Å². The molecule has 1 unspecified atom stereocenters. The van der Waals surface area contributed by atoms with Crippen LogP contribution in [-0.4, -0.2) is 49.8 Å². The molecule has 1 aromatic heterocycles. The van der Waals surface area contributed by atoms with E-state index in [4.69, 9.17) is 9.73 Å². The predicted molar refractivity (Wildman–Crippen MR) is 124 cm³/mol. The first-order valence-corrected chi connectivity index (χ1v) is 10.9. The zero-order chi connectivity index (χ0) is 21.4. The lowest BCUT2D eigenvalue weighted by Crippen LogP contribution is -2.43. The minimum absolute atomic E-state index is 0.00987. The van der Waals surface area contributed by atoms with Crippen molar-refractivity contribution in [2.75, 3.05) is 37.7 Å². The van der Waals surface area contributed by atoms with E-state index >= 15 is 0 Å². The largest absolute Gasteiger partial charge is 0.375 e. The van der Waals surface area contributed by atoms with Gasteiger partial charge in [0.2, 0.25) is 0 Å². The lowest BCUT2D eigenvalue weighted by atomic mass is 9.85. The van der Waals surface area contributed by atoms with Crippen LogP contribution in [0.15, 0.2) is 53.7 Å². The first-order chi connectivity index (χ1) is 14.5. The van der Waals surface area contributed by atoms with E-state index < -0.39 is 0 Å². The maximum absolute atomic E-state index is 5.62. The van der Waals surface area contributed by atoms with Gasteiger partial charge in [0.15, 0.2) is 5.96 Å². The number of rotatable bonds is 7. The molecule has 1 fully saturated rings. The second kappa shape index (κ2) is 10.4. The minimum Gasteiger partial charge on any atom is -0.375 e. The van der Waals surface area contributed by atoms with Gasteiger partial charge in [0, 0.05) is 37.8 Å². The molecule has 0 spiro atoms. The first-order valence-electron chi connectivity index (χ1n) is 10.9. The SMILES string of the molecule is CCNC(=NCc1ccc(N2CCOC(C)C2)nc1)NCC(C)(C)c1ccccc1. The molecule has 6 nitrogen and oxygen atoms in total. The van der Waals surface area contributed by atoms with Gasteiger partial charge in [-0.1, -0.05) is 50.2 Å². The summed E-state index contributed by atoms with van der Waals surface area (Å²) in [5, 5.41) is 6.84. The van der Waals surface area contributed by atoms with Gasteiger partial charge in [-0.25, -0.2) is 9.98 Å². The number of hydrogen-bond acceptors (Lipinski definition) is 4. The molecule has 0 bridgehead atoms. The molecule has 1 aliphatic heterocycles. The van der Waals surface area contributed by atoms with Crippen LogP contribution < -0.4 is 15.5 Å². The van der Waals surface area contributed by atoms with E-state index in [1.54, 1.807) is 0 Å². The van der Waals surface area contributed by atoms with Crippen molar-refractivity contribution in [1.82, 2.24) is 15.6 Å². The summed E-state index contributed by atoms with van der Waals surface area (Å²) in [4.78, 5) is 11.7. The fraction of sp³-hybridized carbons (Fsp3) is 0.500. The lowest BCUT2D eigenvalue weighted by molar-refractivity contribution is 0.0529. The van der Waals surface area contributed by atoms with Gasteiger partial charge in [0.05, 0.1) is 19.3 Å². The fourth-order valence-electron chi connectivity index (χ4n) is 3.53. The van der Waals surface area contributed by atoms with Gasteiger partial charge in [0.25, 0.3) is 0 Å². The van der Waals surface area contributed by atoms with E-state index in [1.165, 1.54) is 5.56 Å². The van der Waals surface area contributed by atoms with Crippen molar-refractivity contribution in [3.8, 4) is 0 Å². The molecule has 162 valence electrons. The van der Waals surface area contributed by atoms with Crippen molar-refractivity contribution < 1.29 is 4.74 Å². The van der Waals surface area contributed by atoms with Crippen LogP contribution in [0.2, 0.25) is 0 Å². The van der Waals surface area contributed by atoms with Crippen molar-refractivity contribution in [2.45, 2.75) is 45.8 Å². The van der Waals surface area contributed by atoms with E-state index in [2.05, 4.69) is 90.7 Å². The topological polar surface area (TPSA) is 61.8 Å². The average Bonchev–Trinajstić information content (AvgIpc) is 2.77. The number of nitrogens with zero attached hydrogens (tertiary/aromatic N) is 3. The predicted octanol–water partition coefficient (Wildman–Crippen LogP) is 3.34. The molecule has 6 heteroatoms. The summed E-state index contributed by atoms with van der Waals surface area (Å²) in [5.41, 5.74) is 2.42. The molecule has 1 aromatic carbocycles. The number of aromatic nitrogens is 1. The van der Waals surface area contributed by atoms with E-state index in [0.29, 0.717) is 6.54 Å². The highest BCUT2D eigenvalue weighted by atomic mass is 16.5. The van der Waals surface area contributed by atoms with Gasteiger partial charge in [-0.2, -0.15) is 0 Å². The second-order valence-corrected chi connectivity index (χ2v) is 8.45. The highest BCUT2D eigenvalue weighted by Crippen LogP contribution is 2.21. The summed E-state index contributed by atoms with van der Waals surface area (Å²) in [5.74, 6) is 1.83. The minimum atomic E-state index is 0.00987. The van der Waals surface area contributed by atoms with Gasteiger partial charge >= 0.3 is 0 Å². The Balaban J connectivity index is 1.59. The Kier molecular flexibility index (Phi) is 7.69. The summed E-state index contributed by atoms with van der Waals surface area (Å²) >= 11 is 0. The number of ether oxygens (including phenoxy) is 1. The molecule has 1 atom stereocenters. The summed E-state index contributed by atoms with van der Waals surface area (Å²) in [6, 6.07) is 14.8. The van der Waals surface area contributed by atoms with Crippen LogP contribution in [-0.2, 0) is 16.7 Å². The Morgan fingerprint density at radius 2 is 2.00 bits per heavy atom. The molecule has 2 heterocycles. The van der Waals surface area contributed by atoms with Crippen LogP contribution in [0.1, 0.15) is 38.8 Å². The van der Waals surface area contributed by atoms with Crippen LogP contribution >= 0.6 is 0 Å². The van der Waals surface area contributed by atoms with Crippen molar-refractivity contribution in [1.29, 1.82) is 0 Å². The summed E-state index contributed by atoms with van der Waals surface area (Å²) < 4.78 is 5.62. The maximum atomic E-state index is 5.62. The van der Waals surface area contributed by atoms with Gasteiger partial charge in [0.1, 0.15) is 5.82 Å². The Hall–Kier alpha value is -2.60. The molecule has 0 aliphatic carbocycles. The maximum Gasteiger partial charge on any atom is 0.191 e.